The maximum Gasteiger partial charge on any atom is 0.346 e. The third-order valence-electron chi connectivity index (χ3n) is 7.73. The fourth-order valence-corrected chi connectivity index (χ4v) is 5.98. The van der Waals surface area contributed by atoms with E-state index in [9.17, 15) is 24.6 Å². The lowest BCUT2D eigenvalue weighted by Gasteiger charge is -2.44. The first-order valence-electron chi connectivity index (χ1n) is 11.7. The predicted octanol–water partition coefficient (Wildman–Crippen LogP) is -4.06. The number of ether oxygens (including phenoxy) is 1. The lowest BCUT2D eigenvalue weighted by molar-refractivity contribution is -0.623. The summed E-state index contributed by atoms with van der Waals surface area (Å²) in [5.74, 6) is -3.75. The SMILES string of the molecule is NC1=N[C@H]2[C@H](CN3C(=O)CCC3=O)NC(N)=[N+]3CC(NC(=O)c4cccc5c4COC5)C(O)(O)[C@]23N1. The van der Waals surface area contributed by atoms with E-state index in [1.807, 2.05) is 6.07 Å². The maximum absolute atomic E-state index is 13.2. The second kappa shape index (κ2) is 7.62. The summed E-state index contributed by atoms with van der Waals surface area (Å²) >= 11 is 0. The van der Waals surface area contributed by atoms with Crippen LogP contribution in [0.4, 0.5) is 0 Å². The highest BCUT2D eigenvalue weighted by Crippen LogP contribution is 2.41. The quantitative estimate of drug-likeness (QED) is 0.121. The van der Waals surface area contributed by atoms with Gasteiger partial charge in [0.15, 0.2) is 5.96 Å². The largest absolute Gasteiger partial charge is 0.372 e. The van der Waals surface area contributed by atoms with Crippen molar-refractivity contribution in [2.24, 2.45) is 16.5 Å². The molecule has 0 bridgehead atoms. The second-order valence-corrected chi connectivity index (χ2v) is 9.68. The van der Waals surface area contributed by atoms with Gasteiger partial charge in [0.1, 0.15) is 18.1 Å². The highest BCUT2D eigenvalue weighted by Gasteiger charge is 2.75. The van der Waals surface area contributed by atoms with Crippen LogP contribution in [0, 0.1) is 0 Å². The van der Waals surface area contributed by atoms with E-state index in [0.29, 0.717) is 12.2 Å². The topological polar surface area (TPSA) is 208 Å². The molecule has 190 valence electrons. The number of benzene rings is 1. The number of nitrogens with two attached hydrogens (primary N) is 2. The summed E-state index contributed by atoms with van der Waals surface area (Å²) in [5, 5.41) is 31.8. The number of hydrogen-bond acceptors (Lipinski definition) is 11. The van der Waals surface area contributed by atoms with Crippen molar-refractivity contribution in [1.82, 2.24) is 20.9 Å². The van der Waals surface area contributed by atoms with Gasteiger partial charge in [0.2, 0.25) is 23.3 Å². The first kappa shape index (κ1) is 22.7. The second-order valence-electron chi connectivity index (χ2n) is 9.68. The number of likely N-dealkylation sites (tertiary alicyclic amines) is 1. The smallest absolute Gasteiger partial charge is 0.346 e. The molecule has 3 amide bonds. The highest BCUT2D eigenvalue weighted by molar-refractivity contribution is 6.02. The number of nitrogens with one attached hydrogen (secondary N) is 3. The minimum absolute atomic E-state index is 0.0611. The molecule has 0 saturated carbocycles. The summed E-state index contributed by atoms with van der Waals surface area (Å²) in [6.45, 7) is 0.533. The maximum atomic E-state index is 13.2. The lowest BCUT2D eigenvalue weighted by Crippen LogP contribution is -2.79. The molecule has 5 aliphatic heterocycles. The fourth-order valence-electron chi connectivity index (χ4n) is 5.98. The number of carbonyl (C=O) groups excluding carboxylic acids is 3. The van der Waals surface area contributed by atoms with Crippen LogP contribution < -0.4 is 27.4 Å². The number of hydrogen-bond donors (Lipinski definition) is 7. The normalized spacial score (nSPS) is 32.0. The van der Waals surface area contributed by atoms with Gasteiger partial charge in [-0.25, -0.2) is 9.57 Å². The monoisotopic (exact) mass is 499 g/mol. The van der Waals surface area contributed by atoms with Crippen molar-refractivity contribution >= 4 is 29.6 Å². The number of amides is 3. The number of aliphatic hydroxyl groups is 2. The molecule has 2 fully saturated rings. The molecule has 0 aromatic heterocycles. The van der Waals surface area contributed by atoms with Crippen LogP contribution in [0.15, 0.2) is 23.2 Å². The molecule has 5 heterocycles. The van der Waals surface area contributed by atoms with E-state index in [-0.39, 0.29) is 56.3 Å². The van der Waals surface area contributed by atoms with Crippen LogP contribution in [-0.4, -0.2) is 92.0 Å². The van der Waals surface area contributed by atoms with Crippen LogP contribution in [0.3, 0.4) is 0 Å². The van der Waals surface area contributed by atoms with Crippen LogP contribution >= 0.6 is 0 Å². The average molecular weight is 500 g/mol. The van der Waals surface area contributed by atoms with Gasteiger partial charge in [-0.3, -0.25) is 30.3 Å². The van der Waals surface area contributed by atoms with Crippen molar-refractivity contribution in [2.45, 2.75) is 55.6 Å². The van der Waals surface area contributed by atoms with Gasteiger partial charge in [-0.2, -0.15) is 0 Å². The van der Waals surface area contributed by atoms with E-state index < -0.39 is 35.5 Å². The first-order chi connectivity index (χ1) is 17.1. The zero-order valence-electron chi connectivity index (χ0n) is 19.2. The van der Waals surface area contributed by atoms with E-state index in [0.717, 1.165) is 16.0 Å². The van der Waals surface area contributed by atoms with Crippen molar-refractivity contribution in [1.29, 1.82) is 0 Å². The van der Waals surface area contributed by atoms with E-state index >= 15 is 0 Å². The van der Waals surface area contributed by atoms with Gasteiger partial charge < -0.3 is 31.3 Å². The van der Waals surface area contributed by atoms with Gasteiger partial charge in [0.25, 0.3) is 5.91 Å². The van der Waals surface area contributed by atoms with Crippen molar-refractivity contribution in [3.63, 3.8) is 0 Å². The molecule has 2 saturated heterocycles. The molecular weight excluding hydrogens is 472 g/mol. The predicted molar refractivity (Wildman–Crippen MR) is 122 cm³/mol. The molecule has 5 aliphatic rings. The van der Waals surface area contributed by atoms with Crippen molar-refractivity contribution in [3.8, 4) is 0 Å². The Morgan fingerprint density at radius 2 is 2.00 bits per heavy atom. The van der Waals surface area contributed by atoms with E-state index in [1.165, 1.54) is 4.58 Å². The Kier molecular flexibility index (Phi) is 4.81. The average Bonchev–Trinajstić information content (AvgIpc) is 3.57. The molecule has 14 nitrogen and oxygen atoms in total. The fraction of sp³-hybridized carbons (Fsp3) is 0.500. The molecule has 0 aliphatic carbocycles. The lowest BCUT2D eigenvalue weighted by atomic mass is 9.85. The number of guanidine groups is 2. The molecule has 6 rings (SSSR count). The van der Waals surface area contributed by atoms with Gasteiger partial charge in [-0.05, 0) is 17.2 Å². The van der Waals surface area contributed by atoms with Crippen LogP contribution in [0.1, 0.15) is 34.3 Å². The summed E-state index contributed by atoms with van der Waals surface area (Å²) < 4.78 is 6.92. The number of carbonyl (C=O) groups is 3. The summed E-state index contributed by atoms with van der Waals surface area (Å²) in [5.41, 5.74) is 12.6. The zero-order chi connectivity index (χ0) is 25.4. The van der Waals surface area contributed by atoms with Crippen LogP contribution in [-0.2, 0) is 27.5 Å². The Morgan fingerprint density at radius 3 is 2.75 bits per heavy atom. The minimum atomic E-state index is -2.60. The van der Waals surface area contributed by atoms with E-state index in [1.54, 1.807) is 12.1 Å². The summed E-state index contributed by atoms with van der Waals surface area (Å²) in [7, 11) is 0. The standard InChI is InChI=1S/C22H26N8O6/c23-19-27-17-13(6-29-15(31)4-5-16(29)32)25-20(24)30-7-14(22(34,35)21(17,30)28-19)26-18(33)11-3-1-2-10-8-36-9-12(10)11/h1-3,13-14,17,34-35H,4-9H2,(H6,23,24,25,26,27,28,33)/p+1/t13-,14?,17-,21-/m0/s1. The molecule has 0 radical (unpaired) electrons. The summed E-state index contributed by atoms with van der Waals surface area (Å²) in [6.07, 6.45) is 0.227. The van der Waals surface area contributed by atoms with Crippen LogP contribution in [0.25, 0.3) is 0 Å². The van der Waals surface area contributed by atoms with Crippen molar-refractivity contribution < 1.29 is 33.9 Å². The number of imide groups is 1. The van der Waals surface area contributed by atoms with Crippen LogP contribution in [0.5, 0.6) is 0 Å². The Hall–Kier alpha value is -3.75. The molecule has 1 aromatic carbocycles. The molecular formula is C22H27N8O6+. The summed E-state index contributed by atoms with van der Waals surface area (Å²) in [4.78, 5) is 43.2. The highest BCUT2D eigenvalue weighted by atomic mass is 16.5. The molecule has 1 spiro atoms. The minimum Gasteiger partial charge on any atom is -0.372 e. The molecule has 1 aromatic rings. The van der Waals surface area contributed by atoms with Gasteiger partial charge in [-0.1, -0.05) is 12.1 Å². The Balaban J connectivity index is 1.33. The molecule has 4 atom stereocenters. The Labute approximate surface area is 205 Å². The third kappa shape index (κ3) is 2.98. The van der Waals surface area contributed by atoms with Crippen LogP contribution in [0.2, 0.25) is 0 Å². The number of rotatable bonds is 4. The molecule has 1 unspecified atom stereocenters. The van der Waals surface area contributed by atoms with E-state index in [2.05, 4.69) is 20.9 Å². The number of fused-ring (bicyclic) bond motifs is 1. The van der Waals surface area contributed by atoms with Gasteiger partial charge in [0.05, 0.1) is 26.3 Å². The van der Waals surface area contributed by atoms with Gasteiger partial charge >= 0.3 is 5.96 Å². The number of aliphatic imine (C=N–C) groups is 1. The summed E-state index contributed by atoms with van der Waals surface area (Å²) in [6, 6.07) is 2.35. The molecule has 36 heavy (non-hydrogen) atoms. The van der Waals surface area contributed by atoms with Gasteiger partial charge in [-0.15, -0.1) is 0 Å². The Morgan fingerprint density at radius 1 is 1.25 bits per heavy atom. The number of nitrogens with zero attached hydrogens (tertiary/aromatic N) is 3. The van der Waals surface area contributed by atoms with E-state index in [4.69, 9.17) is 16.2 Å². The van der Waals surface area contributed by atoms with Gasteiger partial charge in [0, 0.05) is 18.4 Å². The first-order valence-corrected chi connectivity index (χ1v) is 11.7. The zero-order valence-corrected chi connectivity index (χ0v) is 19.2. The van der Waals surface area contributed by atoms with Crippen molar-refractivity contribution in [2.75, 3.05) is 13.1 Å². The molecule has 14 heteroatoms. The third-order valence-corrected chi connectivity index (χ3v) is 7.73. The Bertz CT molecular complexity index is 1240. The van der Waals surface area contributed by atoms with Crippen molar-refractivity contribution in [3.05, 3.63) is 34.9 Å². The molecule has 9 N–H and O–H groups in total.